The molecule has 0 bridgehead atoms. The first-order chi connectivity index (χ1) is 8.65. The largest absolute Gasteiger partial charge is 0.493 e. The van der Waals surface area contributed by atoms with E-state index in [1.807, 2.05) is 12.1 Å². The van der Waals surface area contributed by atoms with Crippen LogP contribution in [0.15, 0.2) is 16.6 Å². The van der Waals surface area contributed by atoms with E-state index < -0.39 is 0 Å². The van der Waals surface area contributed by atoms with Crippen molar-refractivity contribution >= 4 is 33.2 Å². The van der Waals surface area contributed by atoms with Gasteiger partial charge in [-0.15, -0.1) is 0 Å². The van der Waals surface area contributed by atoms with Crippen molar-refractivity contribution in [2.75, 3.05) is 12.4 Å². The average molecular weight is 333 g/mol. The molecule has 2 rings (SSSR count). The molecule has 1 N–H and O–H groups in total. The second-order valence-corrected chi connectivity index (χ2v) is 6.11. The predicted molar refractivity (Wildman–Crippen MR) is 80.7 cm³/mol. The van der Waals surface area contributed by atoms with Crippen molar-refractivity contribution in [3.8, 4) is 5.75 Å². The number of hydrogen-bond donors (Lipinski definition) is 1. The zero-order chi connectivity index (χ0) is 13.1. The molecule has 0 aromatic heterocycles. The van der Waals surface area contributed by atoms with Crippen molar-refractivity contribution in [1.29, 1.82) is 0 Å². The van der Waals surface area contributed by atoms with Gasteiger partial charge in [-0.1, -0.05) is 31.4 Å². The quantitative estimate of drug-likeness (QED) is 0.828. The molecule has 2 unspecified atom stereocenters. The van der Waals surface area contributed by atoms with Crippen LogP contribution in [-0.4, -0.2) is 13.2 Å². The summed E-state index contributed by atoms with van der Waals surface area (Å²) in [4.78, 5) is 0. The minimum absolute atomic E-state index is 0.536. The van der Waals surface area contributed by atoms with Crippen molar-refractivity contribution in [2.45, 2.75) is 38.6 Å². The Labute approximate surface area is 122 Å². The zero-order valence-corrected chi connectivity index (χ0v) is 13.1. The smallest absolute Gasteiger partial charge is 0.156 e. The Morgan fingerprint density at radius 3 is 2.89 bits per heavy atom. The third-order valence-electron chi connectivity index (χ3n) is 3.74. The van der Waals surface area contributed by atoms with E-state index in [1.54, 1.807) is 7.11 Å². The SMILES string of the molecule is CCC1CCCC1Nc1cc(Cl)cc(Br)c1OC. The van der Waals surface area contributed by atoms with Crippen LogP contribution < -0.4 is 10.1 Å². The molecule has 1 aliphatic rings. The Kier molecular flexibility index (Phi) is 4.79. The molecule has 0 aliphatic heterocycles. The van der Waals surface area contributed by atoms with Gasteiger partial charge in [-0.25, -0.2) is 0 Å². The molecule has 1 aromatic rings. The molecule has 100 valence electrons. The van der Waals surface area contributed by atoms with Crippen LogP contribution >= 0.6 is 27.5 Å². The Balaban J connectivity index is 2.22. The van der Waals surface area contributed by atoms with E-state index in [0.29, 0.717) is 6.04 Å². The number of nitrogens with one attached hydrogen (secondary N) is 1. The fourth-order valence-electron chi connectivity index (χ4n) is 2.79. The lowest BCUT2D eigenvalue weighted by Crippen LogP contribution is -2.23. The summed E-state index contributed by atoms with van der Waals surface area (Å²) in [5.74, 6) is 1.59. The summed E-state index contributed by atoms with van der Waals surface area (Å²) in [6.45, 7) is 2.26. The molecule has 0 amide bonds. The summed E-state index contributed by atoms with van der Waals surface area (Å²) in [5, 5.41) is 4.32. The number of benzene rings is 1. The number of rotatable bonds is 4. The van der Waals surface area contributed by atoms with Gasteiger partial charge in [0.05, 0.1) is 17.3 Å². The Bertz CT molecular complexity index is 425. The maximum absolute atomic E-state index is 6.11. The maximum Gasteiger partial charge on any atom is 0.156 e. The molecule has 1 saturated carbocycles. The van der Waals surface area contributed by atoms with E-state index in [-0.39, 0.29) is 0 Å². The molecule has 4 heteroatoms. The molecular formula is C14H19BrClNO. The molecular weight excluding hydrogens is 314 g/mol. The lowest BCUT2D eigenvalue weighted by molar-refractivity contribution is 0.411. The highest BCUT2D eigenvalue weighted by Gasteiger charge is 2.26. The second kappa shape index (κ2) is 6.16. The summed E-state index contributed by atoms with van der Waals surface area (Å²) in [6, 6.07) is 4.34. The van der Waals surface area contributed by atoms with Gasteiger partial charge in [0.15, 0.2) is 5.75 Å². The molecule has 0 spiro atoms. The minimum atomic E-state index is 0.536. The monoisotopic (exact) mass is 331 g/mol. The first kappa shape index (κ1) is 14.0. The van der Waals surface area contributed by atoms with Gasteiger partial charge in [-0.3, -0.25) is 0 Å². The highest BCUT2D eigenvalue weighted by atomic mass is 79.9. The molecule has 1 aliphatic carbocycles. The molecule has 2 nitrogen and oxygen atoms in total. The van der Waals surface area contributed by atoms with E-state index in [9.17, 15) is 0 Å². The van der Waals surface area contributed by atoms with E-state index in [1.165, 1.54) is 25.7 Å². The highest BCUT2D eigenvalue weighted by molar-refractivity contribution is 9.10. The van der Waals surface area contributed by atoms with Crippen molar-refractivity contribution in [3.05, 3.63) is 21.6 Å². The van der Waals surface area contributed by atoms with Gasteiger partial charge in [0.2, 0.25) is 0 Å². The van der Waals surface area contributed by atoms with Gasteiger partial charge in [-0.05, 0) is 46.8 Å². The van der Waals surface area contributed by atoms with Gasteiger partial charge in [0, 0.05) is 11.1 Å². The van der Waals surface area contributed by atoms with Crippen LogP contribution in [-0.2, 0) is 0 Å². The van der Waals surface area contributed by atoms with Gasteiger partial charge in [-0.2, -0.15) is 0 Å². The third-order valence-corrected chi connectivity index (χ3v) is 4.54. The van der Waals surface area contributed by atoms with E-state index in [2.05, 4.69) is 28.2 Å². The maximum atomic E-state index is 6.11. The molecule has 18 heavy (non-hydrogen) atoms. The summed E-state index contributed by atoms with van der Waals surface area (Å²) >= 11 is 9.60. The first-order valence-corrected chi connectivity index (χ1v) is 7.62. The number of hydrogen-bond acceptors (Lipinski definition) is 2. The van der Waals surface area contributed by atoms with Crippen molar-refractivity contribution < 1.29 is 4.74 Å². The van der Waals surface area contributed by atoms with Crippen LogP contribution in [0.3, 0.4) is 0 Å². The van der Waals surface area contributed by atoms with Gasteiger partial charge < -0.3 is 10.1 Å². The van der Waals surface area contributed by atoms with Crippen LogP contribution in [0.2, 0.25) is 5.02 Å². The topological polar surface area (TPSA) is 21.3 Å². The van der Waals surface area contributed by atoms with Crippen LogP contribution in [0, 0.1) is 5.92 Å². The molecule has 0 saturated heterocycles. The van der Waals surface area contributed by atoms with Crippen molar-refractivity contribution in [3.63, 3.8) is 0 Å². The van der Waals surface area contributed by atoms with Gasteiger partial charge >= 0.3 is 0 Å². The van der Waals surface area contributed by atoms with E-state index in [4.69, 9.17) is 16.3 Å². The number of methoxy groups -OCH3 is 1. The minimum Gasteiger partial charge on any atom is -0.493 e. The second-order valence-electron chi connectivity index (χ2n) is 4.82. The summed E-state index contributed by atoms with van der Waals surface area (Å²) < 4.78 is 6.34. The fraction of sp³-hybridized carbons (Fsp3) is 0.571. The van der Waals surface area contributed by atoms with Gasteiger partial charge in [0.1, 0.15) is 0 Å². The number of ether oxygens (including phenoxy) is 1. The Hall–Kier alpha value is -0.410. The van der Waals surface area contributed by atoms with Crippen molar-refractivity contribution in [1.82, 2.24) is 0 Å². The van der Waals surface area contributed by atoms with E-state index in [0.717, 1.165) is 26.9 Å². The highest BCUT2D eigenvalue weighted by Crippen LogP contribution is 2.39. The molecule has 2 atom stereocenters. The fourth-order valence-corrected chi connectivity index (χ4v) is 3.76. The standard InChI is InChI=1S/C14H19BrClNO/c1-3-9-5-4-6-12(9)17-13-8-10(16)7-11(15)14(13)18-2/h7-9,12,17H,3-6H2,1-2H3. The Morgan fingerprint density at radius 2 is 2.22 bits per heavy atom. The summed E-state index contributed by atoms with van der Waals surface area (Å²) in [5.41, 5.74) is 0.988. The van der Waals surface area contributed by atoms with Crippen LogP contribution in [0.1, 0.15) is 32.6 Å². The molecule has 0 radical (unpaired) electrons. The van der Waals surface area contributed by atoms with Gasteiger partial charge in [0.25, 0.3) is 0 Å². The van der Waals surface area contributed by atoms with Crippen LogP contribution in [0.4, 0.5) is 5.69 Å². The average Bonchev–Trinajstić information content (AvgIpc) is 2.76. The molecule has 1 aromatic carbocycles. The Morgan fingerprint density at radius 1 is 1.44 bits per heavy atom. The summed E-state index contributed by atoms with van der Waals surface area (Å²) in [6.07, 6.45) is 5.08. The van der Waals surface area contributed by atoms with E-state index >= 15 is 0 Å². The summed E-state index contributed by atoms with van der Waals surface area (Å²) in [7, 11) is 1.69. The lowest BCUT2D eigenvalue weighted by Gasteiger charge is -2.23. The molecule has 0 heterocycles. The number of halogens is 2. The normalized spacial score (nSPS) is 23.1. The molecule has 1 fully saturated rings. The number of anilines is 1. The third kappa shape index (κ3) is 2.94. The van der Waals surface area contributed by atoms with Crippen molar-refractivity contribution in [2.24, 2.45) is 5.92 Å². The van der Waals surface area contributed by atoms with Crippen LogP contribution in [0.5, 0.6) is 5.75 Å². The zero-order valence-electron chi connectivity index (χ0n) is 10.8. The van der Waals surface area contributed by atoms with Crippen LogP contribution in [0.25, 0.3) is 0 Å². The lowest BCUT2D eigenvalue weighted by atomic mass is 10.0. The predicted octanol–water partition coefficient (Wildman–Crippen LogP) is 5.10. The first-order valence-electron chi connectivity index (χ1n) is 6.45.